The first-order chi connectivity index (χ1) is 12.0. The third-order valence-corrected chi connectivity index (χ3v) is 5.93. The maximum Gasteiger partial charge on any atom is 0.175 e. The molecule has 0 radical (unpaired) electrons. The molecule has 2 aromatic carbocycles. The molecule has 0 spiro atoms. The van der Waals surface area contributed by atoms with Gasteiger partial charge in [0.2, 0.25) is 0 Å². The van der Waals surface area contributed by atoms with Crippen LogP contribution >= 0.6 is 0 Å². The second-order valence-electron chi connectivity index (χ2n) is 6.52. The molecule has 1 saturated heterocycles. The van der Waals surface area contributed by atoms with E-state index >= 15 is 0 Å². The second kappa shape index (κ2) is 6.26. The van der Waals surface area contributed by atoms with Gasteiger partial charge < -0.3 is 14.4 Å². The zero-order chi connectivity index (χ0) is 17.4. The van der Waals surface area contributed by atoms with Crippen LogP contribution in [0.2, 0.25) is 0 Å². The van der Waals surface area contributed by atoms with E-state index in [0.29, 0.717) is 18.1 Å². The summed E-state index contributed by atoms with van der Waals surface area (Å²) in [6, 6.07) is 13.6. The van der Waals surface area contributed by atoms with Crippen molar-refractivity contribution in [2.75, 3.05) is 30.9 Å². The smallest absolute Gasteiger partial charge is 0.175 e. The lowest BCUT2D eigenvalue weighted by Gasteiger charge is -2.28. The summed E-state index contributed by atoms with van der Waals surface area (Å²) < 4.78 is 34.6. The maximum atomic E-state index is 11.6. The Morgan fingerprint density at radius 1 is 1.00 bits per heavy atom. The number of nitrogens with zero attached hydrogens (tertiary/aromatic N) is 1. The van der Waals surface area contributed by atoms with E-state index in [1.165, 1.54) is 11.8 Å². The van der Waals surface area contributed by atoms with Gasteiger partial charge in [-0.25, -0.2) is 8.42 Å². The van der Waals surface area contributed by atoms with E-state index in [0.717, 1.165) is 36.6 Å². The minimum atomic E-state index is -3.17. The fourth-order valence-electron chi connectivity index (χ4n) is 3.57. The molecular weight excluding hydrogens is 338 g/mol. The summed E-state index contributed by atoms with van der Waals surface area (Å²) in [5.41, 5.74) is 2.25. The Morgan fingerprint density at radius 3 is 2.44 bits per heavy atom. The number of fused-ring (bicyclic) bond motifs is 1. The van der Waals surface area contributed by atoms with Crippen molar-refractivity contribution in [1.82, 2.24) is 0 Å². The van der Waals surface area contributed by atoms with E-state index < -0.39 is 9.84 Å². The molecule has 5 nitrogen and oxygen atoms in total. The third kappa shape index (κ3) is 3.18. The van der Waals surface area contributed by atoms with Crippen LogP contribution in [-0.4, -0.2) is 34.4 Å². The fraction of sp³-hybridized carbons (Fsp3) is 0.368. The van der Waals surface area contributed by atoms with Crippen molar-refractivity contribution in [3.63, 3.8) is 0 Å². The first kappa shape index (κ1) is 16.3. The minimum Gasteiger partial charge on any atom is -0.486 e. The molecule has 4 rings (SSSR count). The van der Waals surface area contributed by atoms with Crippen LogP contribution in [-0.2, 0) is 9.84 Å². The van der Waals surface area contributed by atoms with E-state index in [1.54, 1.807) is 12.1 Å². The van der Waals surface area contributed by atoms with Crippen molar-refractivity contribution in [3.05, 3.63) is 48.0 Å². The summed E-state index contributed by atoms with van der Waals surface area (Å²) in [7, 11) is -3.17. The Labute approximate surface area is 148 Å². The summed E-state index contributed by atoms with van der Waals surface area (Å²) in [6.45, 7) is 2.13. The summed E-state index contributed by atoms with van der Waals surface area (Å²) in [5, 5.41) is 0. The van der Waals surface area contributed by atoms with Gasteiger partial charge in [0, 0.05) is 18.5 Å². The number of hydrogen-bond donors (Lipinski definition) is 0. The van der Waals surface area contributed by atoms with Crippen LogP contribution in [0.15, 0.2) is 47.4 Å². The summed E-state index contributed by atoms with van der Waals surface area (Å²) in [4.78, 5) is 2.68. The summed E-state index contributed by atoms with van der Waals surface area (Å²) >= 11 is 0. The quantitative estimate of drug-likeness (QED) is 0.842. The van der Waals surface area contributed by atoms with Gasteiger partial charge in [-0.15, -0.1) is 0 Å². The van der Waals surface area contributed by atoms with Crippen LogP contribution < -0.4 is 14.4 Å². The van der Waals surface area contributed by atoms with Crippen molar-refractivity contribution in [1.29, 1.82) is 0 Å². The fourth-order valence-corrected chi connectivity index (χ4v) is 4.20. The molecule has 2 aliphatic heterocycles. The molecule has 1 atom stereocenters. The predicted octanol–water partition coefficient (Wildman–Crippen LogP) is 3.20. The topological polar surface area (TPSA) is 55.8 Å². The highest BCUT2D eigenvalue weighted by molar-refractivity contribution is 7.90. The number of benzene rings is 2. The second-order valence-corrected chi connectivity index (χ2v) is 8.54. The van der Waals surface area contributed by atoms with Crippen molar-refractivity contribution in [2.24, 2.45) is 0 Å². The number of ether oxygens (including phenoxy) is 2. The van der Waals surface area contributed by atoms with Gasteiger partial charge in [-0.2, -0.15) is 0 Å². The Balaban J connectivity index is 1.62. The van der Waals surface area contributed by atoms with Gasteiger partial charge in [0.1, 0.15) is 13.2 Å². The first-order valence-corrected chi connectivity index (χ1v) is 10.4. The third-order valence-electron chi connectivity index (χ3n) is 4.80. The molecule has 1 fully saturated rings. The Hall–Kier alpha value is -2.21. The number of anilines is 1. The van der Waals surface area contributed by atoms with Gasteiger partial charge in [-0.3, -0.25) is 0 Å². The average molecular weight is 359 g/mol. The van der Waals surface area contributed by atoms with Crippen LogP contribution in [0.25, 0.3) is 0 Å². The molecule has 2 aliphatic rings. The summed E-state index contributed by atoms with van der Waals surface area (Å²) in [5.74, 6) is 1.61. The van der Waals surface area contributed by atoms with Crippen LogP contribution in [0.1, 0.15) is 24.4 Å². The molecule has 1 unspecified atom stereocenters. The van der Waals surface area contributed by atoms with E-state index in [9.17, 15) is 8.42 Å². The molecule has 25 heavy (non-hydrogen) atoms. The van der Waals surface area contributed by atoms with E-state index in [-0.39, 0.29) is 6.04 Å². The normalized spacial score (nSPS) is 19.9. The minimum absolute atomic E-state index is 0.264. The van der Waals surface area contributed by atoms with Crippen molar-refractivity contribution in [2.45, 2.75) is 23.8 Å². The molecule has 2 heterocycles. The van der Waals surface area contributed by atoms with Gasteiger partial charge in [0.05, 0.1) is 10.9 Å². The zero-order valence-corrected chi connectivity index (χ0v) is 15.0. The largest absolute Gasteiger partial charge is 0.486 e. The molecule has 0 saturated carbocycles. The molecule has 2 aromatic rings. The first-order valence-electron chi connectivity index (χ1n) is 8.49. The van der Waals surface area contributed by atoms with Crippen molar-refractivity contribution < 1.29 is 17.9 Å². The van der Waals surface area contributed by atoms with Crippen LogP contribution in [0, 0.1) is 0 Å². The highest BCUT2D eigenvalue weighted by Gasteiger charge is 2.27. The van der Waals surface area contributed by atoms with Crippen LogP contribution in [0.4, 0.5) is 5.69 Å². The average Bonchev–Trinajstić information content (AvgIpc) is 3.10. The standard InChI is InChI=1S/C19H21NO4S/c1-25(21,22)16-7-5-15(6-8-16)20-10-2-3-17(20)14-4-9-18-19(13-14)24-12-11-23-18/h4-9,13,17H,2-3,10-12H2,1H3. The Morgan fingerprint density at radius 2 is 1.72 bits per heavy atom. The molecule has 0 aliphatic carbocycles. The SMILES string of the molecule is CS(=O)(=O)c1ccc(N2CCCC2c2ccc3c(c2)OCCO3)cc1. The van der Waals surface area contributed by atoms with Gasteiger partial charge >= 0.3 is 0 Å². The number of hydrogen-bond acceptors (Lipinski definition) is 5. The van der Waals surface area contributed by atoms with Gasteiger partial charge in [-0.1, -0.05) is 6.07 Å². The lowest BCUT2D eigenvalue weighted by Crippen LogP contribution is -2.23. The van der Waals surface area contributed by atoms with Crippen LogP contribution in [0.3, 0.4) is 0 Å². The molecule has 0 amide bonds. The highest BCUT2D eigenvalue weighted by Crippen LogP contribution is 2.40. The van der Waals surface area contributed by atoms with Crippen LogP contribution in [0.5, 0.6) is 11.5 Å². The van der Waals surface area contributed by atoms with E-state index in [2.05, 4.69) is 17.0 Å². The van der Waals surface area contributed by atoms with E-state index in [4.69, 9.17) is 9.47 Å². The van der Waals surface area contributed by atoms with E-state index in [1.807, 2.05) is 18.2 Å². The number of sulfone groups is 1. The van der Waals surface area contributed by atoms with Gasteiger partial charge in [0.15, 0.2) is 21.3 Å². The lowest BCUT2D eigenvalue weighted by atomic mass is 10.0. The Bertz CT molecular complexity index is 877. The van der Waals surface area contributed by atoms with Crippen molar-refractivity contribution in [3.8, 4) is 11.5 Å². The lowest BCUT2D eigenvalue weighted by molar-refractivity contribution is 0.171. The van der Waals surface area contributed by atoms with Crippen molar-refractivity contribution >= 4 is 15.5 Å². The molecule has 0 bridgehead atoms. The Kier molecular flexibility index (Phi) is 4.07. The highest BCUT2D eigenvalue weighted by atomic mass is 32.2. The number of rotatable bonds is 3. The predicted molar refractivity (Wildman–Crippen MR) is 96.3 cm³/mol. The molecule has 132 valence electrons. The maximum absolute atomic E-state index is 11.6. The van der Waals surface area contributed by atoms with Gasteiger partial charge in [0.25, 0.3) is 0 Å². The van der Waals surface area contributed by atoms with Gasteiger partial charge in [-0.05, 0) is 54.8 Å². The monoisotopic (exact) mass is 359 g/mol. The summed E-state index contributed by atoms with van der Waals surface area (Å²) in [6.07, 6.45) is 3.40. The molecule has 0 N–H and O–H groups in total. The molecule has 6 heteroatoms. The zero-order valence-electron chi connectivity index (χ0n) is 14.1. The molecule has 0 aromatic heterocycles. The molecular formula is C19H21NO4S.